The predicted molar refractivity (Wildman–Crippen MR) is 114 cm³/mol. The molecule has 1 fully saturated rings. The number of hydrogen-bond donors (Lipinski definition) is 4. The molecule has 13 nitrogen and oxygen atoms in total. The van der Waals surface area contributed by atoms with E-state index in [-0.39, 0.29) is 64.7 Å². The maximum Gasteiger partial charge on any atom is 1.00 e. The smallest absolute Gasteiger partial charge is 0.808 e. The van der Waals surface area contributed by atoms with Gasteiger partial charge in [0, 0.05) is 29.1 Å². The normalized spacial score (nSPS) is 22.3. The maximum absolute atomic E-state index is 12.3. The van der Waals surface area contributed by atoms with Gasteiger partial charge < -0.3 is 39.4 Å². The number of aliphatic hydroxyl groups excluding tert-OH is 2. The second kappa shape index (κ2) is 12.8. The number of thiophene rings is 1. The third-order valence-electron chi connectivity index (χ3n) is 5.19. The predicted octanol–water partition coefficient (Wildman–Crippen LogP) is -7.28. The summed E-state index contributed by atoms with van der Waals surface area (Å²) in [5, 5.41) is 24.5. The van der Waals surface area contributed by atoms with Gasteiger partial charge in [0.15, 0.2) is 12.1 Å². The van der Waals surface area contributed by atoms with E-state index >= 15 is 0 Å². The quantitative estimate of drug-likeness (QED) is 0.166. The molecule has 1 saturated heterocycles. The molecule has 0 bridgehead atoms. The number of ether oxygens (including phenoxy) is 2. The van der Waals surface area contributed by atoms with Crippen molar-refractivity contribution in [2.75, 3.05) is 6.54 Å². The molecule has 2 aromatic heterocycles. The number of aromatic amines is 1. The third kappa shape index (κ3) is 6.77. The van der Waals surface area contributed by atoms with Crippen molar-refractivity contribution < 1.29 is 97.9 Å². The molecule has 1 unspecified atom stereocenters. The van der Waals surface area contributed by atoms with Crippen molar-refractivity contribution in [1.29, 1.82) is 0 Å². The molecule has 4 rings (SSSR count). The summed E-state index contributed by atoms with van der Waals surface area (Å²) in [6.45, 7) is -0.454. The van der Waals surface area contributed by atoms with Crippen LogP contribution in [0.1, 0.15) is 17.6 Å². The molecule has 1 aliphatic heterocycles. The number of fused-ring (bicyclic) bond motifs is 1. The molecule has 3 aromatic rings. The fourth-order valence-corrected chi connectivity index (χ4v) is 5.42. The van der Waals surface area contributed by atoms with Crippen LogP contribution < -0.4 is 85.5 Å². The first-order valence-electron chi connectivity index (χ1n) is 9.81. The van der Waals surface area contributed by atoms with E-state index in [1.54, 1.807) is 24.3 Å². The van der Waals surface area contributed by atoms with Crippen LogP contribution in [-0.2, 0) is 14.0 Å². The number of carbonyl (C=O) groups excluding carboxylic acids is 1. The summed E-state index contributed by atoms with van der Waals surface area (Å²) in [6, 6.07) is 7.70. The molecule has 1 aliphatic rings. The van der Waals surface area contributed by atoms with Crippen LogP contribution >= 0.6 is 18.9 Å². The summed E-state index contributed by atoms with van der Waals surface area (Å²) in [4.78, 5) is 61.1. The molecule has 182 valence electrons. The number of amides is 1. The number of rotatable bonds is 6. The van der Waals surface area contributed by atoms with Gasteiger partial charge in [-0.15, -0.1) is 11.3 Å². The Morgan fingerprint density at radius 2 is 1.92 bits per heavy atom. The number of H-pyrrole nitrogens is 1. The first kappa shape index (κ1) is 31.4. The van der Waals surface area contributed by atoms with Crippen molar-refractivity contribution in [1.82, 2.24) is 14.9 Å². The van der Waals surface area contributed by atoms with Crippen LogP contribution in [-0.4, -0.2) is 50.7 Å². The monoisotopic (exact) mass is 557 g/mol. The summed E-state index contributed by atoms with van der Waals surface area (Å²) in [6.07, 6.45) is -5.93. The van der Waals surface area contributed by atoms with Gasteiger partial charge in [0.05, 0.1) is 0 Å². The Morgan fingerprint density at radius 3 is 2.58 bits per heavy atom. The Morgan fingerprint density at radius 1 is 1.22 bits per heavy atom. The third-order valence-corrected chi connectivity index (χ3v) is 7.13. The summed E-state index contributed by atoms with van der Waals surface area (Å²) >= 11 is 1.18. The summed E-state index contributed by atoms with van der Waals surface area (Å²) in [5.74, 6) is -2.09. The largest absolute Gasteiger partial charge is 1.00 e. The summed E-state index contributed by atoms with van der Waals surface area (Å²) < 4.78 is 23.7. The SMILES string of the molecule is O=C(NC[C@H]1O[C@@H](n2ccc(=O)[nH]c2=O)[C@H](O)[C@@H]1O)OC(c1csc2ccccc12)P(=O)([O-])[O-].[Na+].[Na+]. The van der Waals surface area contributed by atoms with Gasteiger partial charge in [-0.3, -0.25) is 14.3 Å². The van der Waals surface area contributed by atoms with Gasteiger partial charge in [-0.1, -0.05) is 18.2 Å². The average Bonchev–Trinajstić information content (AvgIpc) is 3.31. The Kier molecular flexibility index (Phi) is 11.2. The van der Waals surface area contributed by atoms with Gasteiger partial charge >= 0.3 is 70.9 Å². The van der Waals surface area contributed by atoms with Gasteiger partial charge in [0.25, 0.3) is 5.56 Å². The van der Waals surface area contributed by atoms with Crippen molar-refractivity contribution in [3.63, 3.8) is 0 Å². The number of aliphatic hydroxyl groups is 2. The second-order valence-corrected chi connectivity index (χ2v) is 9.89. The van der Waals surface area contributed by atoms with E-state index in [4.69, 9.17) is 9.47 Å². The molecule has 4 N–H and O–H groups in total. The molecule has 1 aromatic carbocycles. The van der Waals surface area contributed by atoms with Crippen LogP contribution in [0.25, 0.3) is 10.1 Å². The molecule has 5 atom stereocenters. The van der Waals surface area contributed by atoms with Crippen molar-refractivity contribution in [3.05, 3.63) is 68.3 Å². The first-order valence-corrected chi connectivity index (χ1v) is 12.3. The van der Waals surface area contributed by atoms with Gasteiger partial charge in [-0.25, -0.2) is 9.59 Å². The summed E-state index contributed by atoms with van der Waals surface area (Å²) in [5.41, 5.74) is -1.53. The minimum absolute atomic E-state index is 0. The van der Waals surface area contributed by atoms with Crippen LogP contribution in [0.2, 0.25) is 0 Å². The Hall–Kier alpha value is -0.840. The molecule has 0 spiro atoms. The number of carbonyl (C=O) groups is 1. The zero-order valence-electron chi connectivity index (χ0n) is 19.1. The molecule has 0 aliphatic carbocycles. The number of aromatic nitrogens is 2. The van der Waals surface area contributed by atoms with Gasteiger partial charge in [0.1, 0.15) is 18.3 Å². The van der Waals surface area contributed by atoms with Crippen LogP contribution in [0.4, 0.5) is 4.79 Å². The van der Waals surface area contributed by atoms with E-state index in [0.717, 1.165) is 16.8 Å². The van der Waals surface area contributed by atoms with E-state index in [1.165, 1.54) is 16.7 Å². The first-order chi connectivity index (χ1) is 16.1. The zero-order valence-corrected chi connectivity index (χ0v) is 24.8. The minimum Gasteiger partial charge on any atom is -0.808 e. The van der Waals surface area contributed by atoms with E-state index < -0.39 is 61.9 Å². The fraction of sp³-hybridized carbons (Fsp3) is 0.316. The molecular formula is C19H18N3Na2O10PS. The van der Waals surface area contributed by atoms with E-state index in [2.05, 4.69) is 5.32 Å². The number of benzene rings is 1. The Labute approximate surface area is 251 Å². The van der Waals surface area contributed by atoms with Gasteiger partial charge in [0.2, 0.25) is 0 Å². The van der Waals surface area contributed by atoms with Gasteiger partial charge in [-0.2, -0.15) is 0 Å². The topological polar surface area (TPSA) is 206 Å². The van der Waals surface area contributed by atoms with Gasteiger partial charge in [-0.05, 0) is 24.4 Å². The molecule has 0 radical (unpaired) electrons. The minimum atomic E-state index is -5.42. The molecule has 3 heterocycles. The molecular weight excluding hydrogens is 539 g/mol. The number of nitrogens with one attached hydrogen (secondary N) is 2. The fourth-order valence-electron chi connectivity index (χ4n) is 3.57. The molecule has 36 heavy (non-hydrogen) atoms. The molecule has 0 saturated carbocycles. The number of alkyl carbamates (subject to hydrolysis) is 1. The Bertz CT molecular complexity index is 1370. The van der Waals surface area contributed by atoms with Crippen molar-refractivity contribution in [2.24, 2.45) is 0 Å². The average molecular weight is 557 g/mol. The molecule has 1 amide bonds. The van der Waals surface area contributed by atoms with E-state index in [0.29, 0.717) is 10.1 Å². The molecule has 17 heteroatoms. The summed E-state index contributed by atoms with van der Waals surface area (Å²) in [7, 11) is -5.42. The Balaban J connectivity index is 0.00000228. The van der Waals surface area contributed by atoms with Crippen LogP contribution in [0.15, 0.2) is 51.5 Å². The van der Waals surface area contributed by atoms with Crippen LogP contribution in [0, 0.1) is 0 Å². The van der Waals surface area contributed by atoms with E-state index in [9.17, 15) is 38.9 Å². The van der Waals surface area contributed by atoms with Crippen molar-refractivity contribution in [2.45, 2.75) is 30.4 Å². The van der Waals surface area contributed by atoms with E-state index in [1.807, 2.05) is 4.98 Å². The number of hydrogen-bond acceptors (Lipinski definition) is 11. The standard InChI is InChI=1S/C19H20N3O10PS.2Na/c23-13-5-6-22(18(26)21-13)16-15(25)14(24)11(31-16)7-20-19(27)32-17(33(28,29)30)10-8-34-12-4-2-1-3-9(10)12;;/h1-6,8,11,14-17,24-25H,7H2,(H,20,27)(H,21,23,26)(H2,28,29,30);;/q;2*+1/p-2/t11-,14-,15-,16-,17?;;/m1../s1. The zero-order chi connectivity index (χ0) is 24.6. The van der Waals surface area contributed by atoms with Crippen LogP contribution in [0.3, 0.4) is 0 Å². The number of nitrogens with zero attached hydrogens (tertiary/aromatic N) is 1. The van der Waals surface area contributed by atoms with Crippen molar-refractivity contribution >= 4 is 35.1 Å². The maximum atomic E-state index is 12.3. The van der Waals surface area contributed by atoms with Crippen molar-refractivity contribution in [3.8, 4) is 0 Å². The van der Waals surface area contributed by atoms with Crippen LogP contribution in [0.5, 0.6) is 0 Å². The second-order valence-electron chi connectivity index (χ2n) is 7.43.